The van der Waals surface area contributed by atoms with Gasteiger partial charge in [-0.1, -0.05) is 0 Å². The van der Waals surface area contributed by atoms with Crippen molar-refractivity contribution < 1.29 is 13.9 Å². The minimum atomic E-state index is -0.275. The van der Waals surface area contributed by atoms with Crippen LogP contribution in [0.3, 0.4) is 0 Å². The van der Waals surface area contributed by atoms with Crippen LogP contribution in [0.15, 0.2) is 48.7 Å². The molecule has 0 fully saturated rings. The first-order chi connectivity index (χ1) is 14.8. The van der Waals surface area contributed by atoms with Crippen LogP contribution >= 0.6 is 0 Å². The van der Waals surface area contributed by atoms with Gasteiger partial charge in [0.15, 0.2) is 0 Å². The van der Waals surface area contributed by atoms with Gasteiger partial charge >= 0.3 is 0 Å². The lowest BCUT2D eigenvalue weighted by Crippen LogP contribution is -2.07. The number of nitrogens with zero attached hydrogens (tertiary/aromatic N) is 3. The maximum atomic E-state index is 13.4. The minimum Gasteiger partial charge on any atom is -0.457 e. The Balaban J connectivity index is 1.65. The quantitative estimate of drug-likeness (QED) is 0.464. The summed E-state index contributed by atoms with van der Waals surface area (Å²) in [7, 11) is 1.92. The zero-order chi connectivity index (χ0) is 22.1. The highest BCUT2D eigenvalue weighted by Gasteiger charge is 2.15. The van der Waals surface area contributed by atoms with Crippen molar-refractivity contribution in [3.05, 3.63) is 65.6 Å². The second-order valence-electron chi connectivity index (χ2n) is 7.30. The van der Waals surface area contributed by atoms with E-state index in [0.29, 0.717) is 23.3 Å². The lowest BCUT2D eigenvalue weighted by Gasteiger charge is -2.10. The van der Waals surface area contributed by atoms with Gasteiger partial charge in [0.25, 0.3) is 0 Å². The molecule has 2 heterocycles. The number of nitrogens with one attached hydrogen (secondary N) is 2. The second-order valence-corrected chi connectivity index (χ2v) is 7.30. The van der Waals surface area contributed by atoms with Crippen LogP contribution in [-0.4, -0.2) is 20.4 Å². The van der Waals surface area contributed by atoms with Crippen LogP contribution in [0.25, 0.3) is 11.0 Å². The van der Waals surface area contributed by atoms with E-state index in [9.17, 15) is 9.18 Å². The minimum absolute atomic E-state index is 0.202. The van der Waals surface area contributed by atoms with E-state index in [0.717, 1.165) is 27.8 Å². The van der Waals surface area contributed by atoms with Crippen molar-refractivity contribution in [2.75, 3.05) is 10.6 Å². The number of pyridine rings is 1. The molecule has 0 unspecified atom stereocenters. The number of benzene rings is 2. The molecule has 0 aliphatic rings. The molecule has 0 atom stereocenters. The predicted molar refractivity (Wildman–Crippen MR) is 118 cm³/mol. The lowest BCUT2D eigenvalue weighted by atomic mass is 10.2. The number of rotatable bonds is 5. The number of hydrogen-bond acceptors (Lipinski definition) is 5. The van der Waals surface area contributed by atoms with Gasteiger partial charge in [-0.15, -0.1) is 0 Å². The Morgan fingerprint density at radius 1 is 1.13 bits per heavy atom. The predicted octanol–water partition coefficient (Wildman–Crippen LogP) is 5.22. The van der Waals surface area contributed by atoms with E-state index in [2.05, 4.69) is 15.6 Å². The molecule has 2 aromatic heterocycles. The number of halogens is 1. The summed E-state index contributed by atoms with van der Waals surface area (Å²) >= 11 is 0. The van der Waals surface area contributed by atoms with Crippen molar-refractivity contribution in [2.45, 2.75) is 20.8 Å². The molecule has 4 aromatic rings. The van der Waals surface area contributed by atoms with Gasteiger partial charge in [-0.05, 0) is 55.8 Å². The molecule has 0 aliphatic carbocycles. The fourth-order valence-electron chi connectivity index (χ4n) is 3.33. The van der Waals surface area contributed by atoms with Crippen molar-refractivity contribution in [1.29, 1.82) is 0 Å². The summed E-state index contributed by atoms with van der Waals surface area (Å²) in [5, 5.41) is 5.91. The molecule has 0 saturated carbocycles. The highest BCUT2D eigenvalue weighted by molar-refractivity contribution is 5.88. The first-order valence-electron chi connectivity index (χ1n) is 9.72. The van der Waals surface area contributed by atoms with Gasteiger partial charge in [-0.2, -0.15) is 0 Å². The number of aryl methyl sites for hydroxylation is 3. The van der Waals surface area contributed by atoms with E-state index < -0.39 is 0 Å². The summed E-state index contributed by atoms with van der Waals surface area (Å²) in [5.74, 6) is 1.78. The van der Waals surface area contributed by atoms with E-state index in [4.69, 9.17) is 9.72 Å². The van der Waals surface area contributed by atoms with Crippen LogP contribution in [0.4, 0.5) is 21.8 Å². The monoisotopic (exact) mass is 419 g/mol. The van der Waals surface area contributed by atoms with Crippen LogP contribution in [0.1, 0.15) is 18.1 Å². The number of carbonyl (C=O) groups is 1. The smallest absolute Gasteiger partial charge is 0.222 e. The fourth-order valence-corrected chi connectivity index (χ4v) is 3.33. The normalized spacial score (nSPS) is 10.9. The summed E-state index contributed by atoms with van der Waals surface area (Å²) in [6.07, 6.45) is 1.57. The molecule has 7 nitrogen and oxygen atoms in total. The zero-order valence-corrected chi connectivity index (χ0v) is 17.7. The van der Waals surface area contributed by atoms with Crippen molar-refractivity contribution in [2.24, 2.45) is 7.05 Å². The first kappa shape index (κ1) is 20.3. The van der Waals surface area contributed by atoms with Crippen molar-refractivity contribution in [1.82, 2.24) is 14.5 Å². The largest absolute Gasteiger partial charge is 0.457 e. The summed E-state index contributed by atoms with van der Waals surface area (Å²) in [4.78, 5) is 20.1. The van der Waals surface area contributed by atoms with Gasteiger partial charge in [0.1, 0.15) is 23.1 Å². The second kappa shape index (κ2) is 8.06. The Bertz CT molecular complexity index is 1300. The Kier molecular flexibility index (Phi) is 5.29. The molecule has 0 spiro atoms. The number of anilines is 3. The molecule has 4 rings (SSSR count). The number of fused-ring (bicyclic) bond motifs is 1. The molecule has 0 radical (unpaired) electrons. The van der Waals surface area contributed by atoms with Crippen LogP contribution in [0.2, 0.25) is 0 Å². The maximum absolute atomic E-state index is 13.4. The molecule has 2 N–H and O–H groups in total. The molecule has 2 aromatic carbocycles. The van der Waals surface area contributed by atoms with E-state index >= 15 is 0 Å². The number of carbonyl (C=O) groups excluding carboxylic acids is 1. The van der Waals surface area contributed by atoms with Gasteiger partial charge in [0.2, 0.25) is 11.9 Å². The summed E-state index contributed by atoms with van der Waals surface area (Å²) in [6.45, 7) is 5.20. The average Bonchev–Trinajstić information content (AvgIpc) is 3.02. The Labute approximate surface area is 178 Å². The maximum Gasteiger partial charge on any atom is 0.222 e. The van der Waals surface area contributed by atoms with Gasteiger partial charge < -0.3 is 19.9 Å². The molecule has 8 heteroatoms. The molecule has 1 amide bonds. The summed E-state index contributed by atoms with van der Waals surface area (Å²) < 4.78 is 21.4. The molecular weight excluding hydrogens is 397 g/mol. The van der Waals surface area contributed by atoms with Gasteiger partial charge in [0, 0.05) is 37.5 Å². The van der Waals surface area contributed by atoms with Gasteiger partial charge in [-0.25, -0.2) is 14.4 Å². The van der Waals surface area contributed by atoms with Gasteiger partial charge in [-0.3, -0.25) is 4.79 Å². The number of amides is 1. The highest BCUT2D eigenvalue weighted by atomic mass is 19.1. The summed E-state index contributed by atoms with van der Waals surface area (Å²) in [5.41, 5.74) is 4.17. The van der Waals surface area contributed by atoms with E-state index in [-0.39, 0.29) is 11.7 Å². The number of ether oxygens (including phenoxy) is 1. The number of imidazole rings is 1. The summed E-state index contributed by atoms with van der Waals surface area (Å²) in [6, 6.07) is 11.8. The van der Waals surface area contributed by atoms with Crippen LogP contribution in [0.5, 0.6) is 11.5 Å². The Morgan fingerprint density at radius 2 is 1.94 bits per heavy atom. The topological polar surface area (TPSA) is 81.1 Å². The van der Waals surface area contributed by atoms with Crippen LogP contribution < -0.4 is 15.4 Å². The van der Waals surface area contributed by atoms with E-state index in [1.165, 1.54) is 19.1 Å². The third kappa shape index (κ3) is 4.18. The van der Waals surface area contributed by atoms with Crippen LogP contribution in [0, 0.1) is 19.7 Å². The van der Waals surface area contributed by atoms with Crippen molar-refractivity contribution in [3.8, 4) is 11.5 Å². The first-order valence-corrected chi connectivity index (χ1v) is 9.72. The molecule has 0 bridgehead atoms. The average molecular weight is 419 g/mol. The molecular formula is C23H22FN5O2. The van der Waals surface area contributed by atoms with Crippen molar-refractivity contribution in [3.63, 3.8) is 0 Å². The number of aromatic nitrogens is 3. The third-order valence-corrected chi connectivity index (χ3v) is 4.96. The molecule has 0 aliphatic heterocycles. The zero-order valence-electron chi connectivity index (χ0n) is 17.7. The van der Waals surface area contributed by atoms with E-state index in [1.54, 1.807) is 24.4 Å². The Morgan fingerprint density at radius 3 is 2.68 bits per heavy atom. The van der Waals surface area contributed by atoms with E-state index in [1.807, 2.05) is 37.6 Å². The SMILES string of the molecule is CC(=O)Nc1cc(Oc2ccc3c(nc(Nc4ccc(F)cc4C)n3C)c2C)ccn1. The van der Waals surface area contributed by atoms with Crippen molar-refractivity contribution >= 4 is 34.4 Å². The fraction of sp³-hybridized carbons (Fsp3) is 0.174. The Hall–Kier alpha value is -3.94. The lowest BCUT2D eigenvalue weighted by molar-refractivity contribution is -0.114. The van der Waals surface area contributed by atoms with Crippen LogP contribution in [-0.2, 0) is 11.8 Å². The number of hydrogen-bond donors (Lipinski definition) is 2. The molecule has 31 heavy (non-hydrogen) atoms. The molecule has 0 saturated heterocycles. The van der Waals surface area contributed by atoms with Gasteiger partial charge in [0.05, 0.1) is 11.0 Å². The highest BCUT2D eigenvalue weighted by Crippen LogP contribution is 2.33. The molecule has 158 valence electrons. The third-order valence-electron chi connectivity index (χ3n) is 4.96. The standard InChI is InChI=1S/C23H22FN5O2/c1-13-11-16(24)5-6-18(13)27-23-28-22-14(2)20(8-7-19(22)29(23)4)31-17-9-10-25-21(12-17)26-15(3)30/h5-12H,1-4H3,(H,27,28)(H,25,26,30).